The molecule has 0 heterocycles. The molecule has 0 saturated carbocycles. The standard InChI is InChI=1S/C27H48O7/c1-5-8-11-13-16-19-33-24(29)21-27(22(4)28,23(25(30)31)18-15-10-7-3)26(32)34-20-17-14-12-9-6-2/h23H,5-21H2,1-4H3,(H,30,31). The van der Waals surface area contributed by atoms with Crippen LogP contribution in [0.5, 0.6) is 0 Å². The first-order valence-electron chi connectivity index (χ1n) is 13.3. The van der Waals surface area contributed by atoms with Gasteiger partial charge < -0.3 is 14.6 Å². The second kappa shape index (κ2) is 19.4. The van der Waals surface area contributed by atoms with Gasteiger partial charge in [-0.2, -0.15) is 0 Å². The molecular formula is C27H48O7. The molecule has 1 N–H and O–H groups in total. The monoisotopic (exact) mass is 484 g/mol. The summed E-state index contributed by atoms with van der Waals surface area (Å²) in [7, 11) is 0. The first-order chi connectivity index (χ1) is 16.3. The highest BCUT2D eigenvalue weighted by Crippen LogP contribution is 2.39. The molecule has 7 nitrogen and oxygen atoms in total. The van der Waals surface area contributed by atoms with Crippen LogP contribution in [0.15, 0.2) is 0 Å². The summed E-state index contributed by atoms with van der Waals surface area (Å²) < 4.78 is 10.7. The van der Waals surface area contributed by atoms with E-state index in [9.17, 15) is 24.3 Å². The Labute approximate surface area is 206 Å². The van der Waals surface area contributed by atoms with Crippen LogP contribution in [0.4, 0.5) is 0 Å². The molecule has 34 heavy (non-hydrogen) atoms. The number of ketones is 1. The molecule has 0 fully saturated rings. The summed E-state index contributed by atoms with van der Waals surface area (Å²) >= 11 is 0. The Balaban J connectivity index is 5.49. The second-order valence-corrected chi connectivity index (χ2v) is 9.28. The summed E-state index contributed by atoms with van der Waals surface area (Å²) in [6.45, 7) is 7.68. The van der Waals surface area contributed by atoms with E-state index in [0.717, 1.165) is 64.2 Å². The Kier molecular flexibility index (Phi) is 18.3. The van der Waals surface area contributed by atoms with Crippen molar-refractivity contribution in [1.29, 1.82) is 0 Å². The predicted octanol–water partition coefficient (Wildman–Crippen LogP) is 6.26. The maximum absolute atomic E-state index is 13.2. The Morgan fingerprint density at radius 2 is 1.18 bits per heavy atom. The number of Topliss-reactive ketones (excluding diaryl/α,β-unsaturated/α-hetero) is 1. The molecule has 0 aliphatic rings. The molecule has 0 saturated heterocycles. The number of unbranched alkanes of at least 4 members (excludes halogenated alkanes) is 10. The molecule has 0 aliphatic heterocycles. The number of esters is 2. The van der Waals surface area contributed by atoms with Gasteiger partial charge in [0.15, 0.2) is 0 Å². The molecule has 0 spiro atoms. The normalized spacial score (nSPS) is 13.6. The van der Waals surface area contributed by atoms with Crippen LogP contribution in [0.1, 0.15) is 124 Å². The van der Waals surface area contributed by atoms with Crippen molar-refractivity contribution in [2.45, 2.75) is 124 Å². The lowest BCUT2D eigenvalue weighted by Gasteiger charge is -2.33. The molecule has 0 radical (unpaired) electrons. The molecule has 0 aromatic heterocycles. The van der Waals surface area contributed by atoms with Crippen LogP contribution in [0.25, 0.3) is 0 Å². The lowest BCUT2D eigenvalue weighted by atomic mass is 9.68. The number of aliphatic carboxylic acids is 1. The summed E-state index contributed by atoms with van der Waals surface area (Å²) in [5, 5.41) is 9.97. The molecule has 198 valence electrons. The Morgan fingerprint density at radius 3 is 1.65 bits per heavy atom. The van der Waals surface area contributed by atoms with E-state index in [0.29, 0.717) is 19.3 Å². The summed E-state index contributed by atoms with van der Waals surface area (Å²) in [5.74, 6) is -4.90. The molecule has 2 unspecified atom stereocenters. The highest BCUT2D eigenvalue weighted by molar-refractivity contribution is 6.08. The molecule has 0 amide bonds. The molecule has 0 rings (SSSR count). The molecule has 0 bridgehead atoms. The van der Waals surface area contributed by atoms with Gasteiger partial charge in [-0.15, -0.1) is 0 Å². The molecule has 0 aliphatic carbocycles. The van der Waals surface area contributed by atoms with E-state index >= 15 is 0 Å². The third-order valence-corrected chi connectivity index (χ3v) is 6.40. The number of hydrogen-bond acceptors (Lipinski definition) is 6. The lowest BCUT2D eigenvalue weighted by Crippen LogP contribution is -2.50. The Morgan fingerprint density at radius 1 is 0.706 bits per heavy atom. The zero-order chi connectivity index (χ0) is 25.8. The van der Waals surface area contributed by atoms with Crippen LogP contribution >= 0.6 is 0 Å². The van der Waals surface area contributed by atoms with Crippen LogP contribution < -0.4 is 0 Å². The summed E-state index contributed by atoms with van der Waals surface area (Å²) in [4.78, 5) is 51.0. The zero-order valence-corrected chi connectivity index (χ0v) is 22.0. The molecule has 0 aromatic rings. The minimum Gasteiger partial charge on any atom is -0.481 e. The number of hydrogen-bond donors (Lipinski definition) is 1. The van der Waals surface area contributed by atoms with E-state index < -0.39 is 41.4 Å². The van der Waals surface area contributed by atoms with Crippen molar-refractivity contribution in [1.82, 2.24) is 0 Å². The third kappa shape index (κ3) is 12.0. The van der Waals surface area contributed by atoms with Gasteiger partial charge in [-0.25, -0.2) is 0 Å². The predicted molar refractivity (Wildman–Crippen MR) is 132 cm³/mol. The average molecular weight is 485 g/mol. The van der Waals surface area contributed by atoms with Crippen LogP contribution in [-0.4, -0.2) is 42.0 Å². The minimum atomic E-state index is -2.07. The highest BCUT2D eigenvalue weighted by Gasteiger charge is 2.55. The van der Waals surface area contributed by atoms with Gasteiger partial charge in [0.1, 0.15) is 11.2 Å². The van der Waals surface area contributed by atoms with Gasteiger partial charge in [-0.1, -0.05) is 91.4 Å². The van der Waals surface area contributed by atoms with Gasteiger partial charge in [0, 0.05) is 0 Å². The topological polar surface area (TPSA) is 107 Å². The first-order valence-corrected chi connectivity index (χ1v) is 13.3. The van der Waals surface area contributed by atoms with Crippen molar-refractivity contribution in [3.05, 3.63) is 0 Å². The summed E-state index contributed by atoms with van der Waals surface area (Å²) in [6.07, 6.45) is 11.3. The Hall–Kier alpha value is -1.92. The summed E-state index contributed by atoms with van der Waals surface area (Å²) in [5.41, 5.74) is -2.07. The van der Waals surface area contributed by atoms with Crippen LogP contribution in [0.2, 0.25) is 0 Å². The van der Waals surface area contributed by atoms with E-state index in [1.807, 2.05) is 6.92 Å². The second-order valence-electron chi connectivity index (χ2n) is 9.28. The number of ether oxygens (including phenoxy) is 2. The maximum Gasteiger partial charge on any atom is 0.321 e. The van der Waals surface area contributed by atoms with Crippen molar-refractivity contribution in [3.8, 4) is 0 Å². The van der Waals surface area contributed by atoms with Crippen LogP contribution in [0.3, 0.4) is 0 Å². The summed E-state index contributed by atoms with van der Waals surface area (Å²) in [6, 6.07) is 0. The number of carbonyl (C=O) groups excluding carboxylic acids is 3. The van der Waals surface area contributed by atoms with Gasteiger partial charge >= 0.3 is 17.9 Å². The Bertz CT molecular complexity index is 602. The fourth-order valence-electron chi connectivity index (χ4n) is 4.20. The number of carboxylic acid groups (broad SMARTS) is 1. The van der Waals surface area contributed by atoms with Gasteiger partial charge in [0.05, 0.1) is 25.6 Å². The highest BCUT2D eigenvalue weighted by atomic mass is 16.5. The smallest absolute Gasteiger partial charge is 0.321 e. The van der Waals surface area contributed by atoms with Crippen LogP contribution in [-0.2, 0) is 28.7 Å². The van der Waals surface area contributed by atoms with Gasteiger partial charge in [-0.3, -0.25) is 19.2 Å². The lowest BCUT2D eigenvalue weighted by molar-refractivity contribution is -0.176. The van der Waals surface area contributed by atoms with Crippen molar-refractivity contribution >= 4 is 23.7 Å². The van der Waals surface area contributed by atoms with Gasteiger partial charge in [0.25, 0.3) is 0 Å². The van der Waals surface area contributed by atoms with E-state index in [4.69, 9.17) is 9.47 Å². The van der Waals surface area contributed by atoms with E-state index in [2.05, 4.69) is 13.8 Å². The largest absolute Gasteiger partial charge is 0.481 e. The fraction of sp³-hybridized carbons (Fsp3) is 0.852. The first kappa shape index (κ1) is 32.1. The minimum absolute atomic E-state index is 0.103. The van der Waals surface area contributed by atoms with Crippen molar-refractivity contribution in [2.75, 3.05) is 13.2 Å². The average Bonchev–Trinajstić information content (AvgIpc) is 2.79. The van der Waals surface area contributed by atoms with Crippen molar-refractivity contribution in [2.24, 2.45) is 11.3 Å². The number of carbonyl (C=O) groups is 4. The number of carboxylic acids is 1. The van der Waals surface area contributed by atoms with Gasteiger partial charge in [0.2, 0.25) is 0 Å². The third-order valence-electron chi connectivity index (χ3n) is 6.40. The molecular weight excluding hydrogens is 436 g/mol. The number of rotatable bonds is 22. The van der Waals surface area contributed by atoms with E-state index in [1.54, 1.807) is 0 Å². The fourth-order valence-corrected chi connectivity index (χ4v) is 4.20. The quantitative estimate of drug-likeness (QED) is 0.110. The van der Waals surface area contributed by atoms with Crippen LogP contribution in [0, 0.1) is 11.3 Å². The van der Waals surface area contributed by atoms with E-state index in [-0.39, 0.29) is 19.6 Å². The maximum atomic E-state index is 13.2. The van der Waals surface area contributed by atoms with Crippen molar-refractivity contribution in [3.63, 3.8) is 0 Å². The molecule has 2 atom stereocenters. The van der Waals surface area contributed by atoms with Crippen molar-refractivity contribution < 1.29 is 33.8 Å². The molecule has 0 aromatic carbocycles. The van der Waals surface area contributed by atoms with E-state index in [1.165, 1.54) is 6.92 Å². The van der Waals surface area contributed by atoms with Gasteiger partial charge in [-0.05, 0) is 26.2 Å². The zero-order valence-electron chi connectivity index (χ0n) is 22.0. The molecule has 7 heteroatoms. The SMILES string of the molecule is CCCCCCCOC(=O)CC(C(C)=O)(C(=O)OCCCCCCC)C(CCCCC)C(=O)O.